The molecule has 0 atom stereocenters. The molecule has 1 aromatic carbocycles. The summed E-state index contributed by atoms with van der Waals surface area (Å²) in [5, 5.41) is 12.5. The summed E-state index contributed by atoms with van der Waals surface area (Å²) in [7, 11) is 4.19. The summed E-state index contributed by atoms with van der Waals surface area (Å²) in [5.41, 5.74) is 8.12. The first-order valence-electron chi connectivity index (χ1n) is 6.90. The SMILES string of the molecule is Cc1cc(NCC2(N(C)C)CCC2)cc(C(=O)O)c1N. The van der Waals surface area contributed by atoms with Crippen LogP contribution in [-0.2, 0) is 0 Å². The molecule has 0 aliphatic heterocycles. The van der Waals surface area contributed by atoms with E-state index in [1.54, 1.807) is 6.07 Å². The van der Waals surface area contributed by atoms with Gasteiger partial charge in [0.05, 0.1) is 5.56 Å². The maximum absolute atomic E-state index is 11.2. The average Bonchev–Trinajstić information content (AvgIpc) is 2.31. The molecule has 110 valence electrons. The van der Waals surface area contributed by atoms with Gasteiger partial charge >= 0.3 is 5.97 Å². The fourth-order valence-corrected chi connectivity index (χ4v) is 2.71. The van der Waals surface area contributed by atoms with Gasteiger partial charge in [-0.3, -0.25) is 0 Å². The van der Waals surface area contributed by atoms with Crippen LogP contribution in [0.4, 0.5) is 11.4 Å². The number of nitrogens with two attached hydrogens (primary N) is 1. The van der Waals surface area contributed by atoms with E-state index in [2.05, 4.69) is 24.3 Å². The summed E-state index contributed by atoms with van der Waals surface area (Å²) in [6.07, 6.45) is 3.60. The van der Waals surface area contributed by atoms with Crippen molar-refractivity contribution in [2.45, 2.75) is 31.7 Å². The van der Waals surface area contributed by atoms with Crippen molar-refractivity contribution < 1.29 is 9.90 Å². The van der Waals surface area contributed by atoms with Gasteiger partial charge in [-0.15, -0.1) is 0 Å². The van der Waals surface area contributed by atoms with Crippen molar-refractivity contribution in [1.29, 1.82) is 0 Å². The Bertz CT molecular complexity index is 522. The third-order valence-electron chi connectivity index (χ3n) is 4.47. The van der Waals surface area contributed by atoms with E-state index in [9.17, 15) is 9.90 Å². The first kappa shape index (κ1) is 14.7. The van der Waals surface area contributed by atoms with Crippen LogP contribution in [0.25, 0.3) is 0 Å². The lowest BCUT2D eigenvalue weighted by Gasteiger charge is -2.47. The first-order valence-corrected chi connectivity index (χ1v) is 6.90. The molecule has 1 aliphatic rings. The fraction of sp³-hybridized carbons (Fsp3) is 0.533. The molecular formula is C15H23N3O2. The van der Waals surface area contributed by atoms with E-state index in [-0.39, 0.29) is 11.1 Å². The number of hydrogen-bond acceptors (Lipinski definition) is 4. The van der Waals surface area contributed by atoms with Crippen LogP contribution in [0.3, 0.4) is 0 Å². The minimum atomic E-state index is -0.986. The lowest BCUT2D eigenvalue weighted by molar-refractivity contribution is 0.0698. The third kappa shape index (κ3) is 2.58. The zero-order chi connectivity index (χ0) is 14.9. The van der Waals surface area contributed by atoms with E-state index in [0.29, 0.717) is 5.69 Å². The van der Waals surface area contributed by atoms with Crippen molar-refractivity contribution in [3.8, 4) is 0 Å². The third-order valence-corrected chi connectivity index (χ3v) is 4.47. The zero-order valence-electron chi connectivity index (χ0n) is 12.4. The predicted molar refractivity (Wildman–Crippen MR) is 81.3 cm³/mol. The molecule has 5 heteroatoms. The molecule has 0 unspecified atom stereocenters. The smallest absolute Gasteiger partial charge is 0.337 e. The van der Waals surface area contributed by atoms with Gasteiger partial charge in [0.1, 0.15) is 0 Å². The minimum absolute atomic E-state index is 0.167. The summed E-state index contributed by atoms with van der Waals surface area (Å²) in [5.74, 6) is -0.986. The number of carbonyl (C=O) groups is 1. The number of anilines is 2. The highest BCUT2D eigenvalue weighted by Gasteiger charge is 2.38. The lowest BCUT2D eigenvalue weighted by atomic mass is 9.75. The van der Waals surface area contributed by atoms with Gasteiger partial charge in [0.2, 0.25) is 0 Å². The Hall–Kier alpha value is -1.75. The van der Waals surface area contributed by atoms with Gasteiger partial charge in [-0.2, -0.15) is 0 Å². The molecule has 5 nitrogen and oxygen atoms in total. The number of nitrogens with one attached hydrogen (secondary N) is 1. The van der Waals surface area contributed by atoms with Crippen LogP contribution in [-0.4, -0.2) is 42.2 Å². The van der Waals surface area contributed by atoms with E-state index < -0.39 is 5.97 Å². The average molecular weight is 277 g/mol. The summed E-state index contributed by atoms with van der Waals surface area (Å²) >= 11 is 0. The Balaban J connectivity index is 2.16. The molecule has 0 radical (unpaired) electrons. The molecule has 4 N–H and O–H groups in total. The highest BCUT2D eigenvalue weighted by atomic mass is 16.4. The number of nitrogen functional groups attached to an aromatic ring is 1. The molecule has 0 heterocycles. The lowest BCUT2D eigenvalue weighted by Crippen LogP contribution is -2.54. The van der Waals surface area contributed by atoms with Crippen molar-refractivity contribution in [2.24, 2.45) is 0 Å². The number of carboxylic acids is 1. The maximum Gasteiger partial charge on any atom is 0.337 e. The zero-order valence-corrected chi connectivity index (χ0v) is 12.4. The first-order chi connectivity index (χ1) is 9.35. The predicted octanol–water partition coefficient (Wildman–Crippen LogP) is 2.17. The van der Waals surface area contributed by atoms with Crippen LogP contribution < -0.4 is 11.1 Å². The molecule has 0 spiro atoms. The van der Waals surface area contributed by atoms with Gasteiger partial charge < -0.3 is 21.1 Å². The molecular weight excluding hydrogens is 254 g/mol. The molecule has 1 fully saturated rings. The van der Waals surface area contributed by atoms with Gasteiger partial charge in [0.15, 0.2) is 0 Å². The molecule has 0 saturated heterocycles. The molecule has 2 rings (SSSR count). The molecule has 1 aliphatic carbocycles. The number of nitrogens with zero attached hydrogens (tertiary/aromatic N) is 1. The van der Waals surface area contributed by atoms with Crippen molar-refractivity contribution in [3.05, 3.63) is 23.3 Å². The van der Waals surface area contributed by atoms with Crippen LogP contribution >= 0.6 is 0 Å². The normalized spacial score (nSPS) is 16.8. The number of likely N-dealkylation sites (N-methyl/N-ethyl adjacent to an activating group) is 1. The van der Waals surface area contributed by atoms with Crippen LogP contribution in [0.15, 0.2) is 12.1 Å². The molecule has 0 aromatic heterocycles. The summed E-state index contributed by atoms with van der Waals surface area (Å²) in [6.45, 7) is 2.65. The summed E-state index contributed by atoms with van der Waals surface area (Å²) in [4.78, 5) is 13.4. The van der Waals surface area contributed by atoms with Crippen LogP contribution in [0.5, 0.6) is 0 Å². The topological polar surface area (TPSA) is 78.6 Å². The van der Waals surface area contributed by atoms with Crippen molar-refractivity contribution >= 4 is 17.3 Å². The Labute approximate surface area is 119 Å². The monoisotopic (exact) mass is 277 g/mol. The van der Waals surface area contributed by atoms with Gasteiger partial charge in [0.25, 0.3) is 0 Å². The van der Waals surface area contributed by atoms with E-state index >= 15 is 0 Å². The number of carboxylic acid groups (broad SMARTS) is 1. The Kier molecular flexibility index (Phi) is 3.90. The number of aryl methyl sites for hydroxylation is 1. The number of rotatable bonds is 5. The van der Waals surface area contributed by atoms with Crippen molar-refractivity contribution in [3.63, 3.8) is 0 Å². The van der Waals surface area contributed by atoms with Gasteiger partial charge in [-0.05, 0) is 58.0 Å². The molecule has 20 heavy (non-hydrogen) atoms. The van der Waals surface area contributed by atoms with Crippen LogP contribution in [0.2, 0.25) is 0 Å². The van der Waals surface area contributed by atoms with Gasteiger partial charge in [-0.1, -0.05) is 0 Å². The Morgan fingerprint density at radius 1 is 1.45 bits per heavy atom. The Morgan fingerprint density at radius 3 is 2.55 bits per heavy atom. The molecule has 1 saturated carbocycles. The van der Waals surface area contributed by atoms with Crippen LogP contribution in [0.1, 0.15) is 35.2 Å². The number of benzene rings is 1. The standard InChI is InChI=1S/C15H23N3O2/c1-10-7-11(8-12(13(10)16)14(19)20)17-9-15(18(2)3)5-4-6-15/h7-8,17H,4-6,9,16H2,1-3H3,(H,19,20). The van der Waals surface area contributed by atoms with Gasteiger partial charge in [0, 0.05) is 23.5 Å². The van der Waals surface area contributed by atoms with E-state index in [4.69, 9.17) is 5.73 Å². The van der Waals surface area contributed by atoms with Crippen LogP contribution in [0, 0.1) is 6.92 Å². The van der Waals surface area contributed by atoms with Gasteiger partial charge in [-0.25, -0.2) is 4.79 Å². The quantitative estimate of drug-likeness (QED) is 0.719. The van der Waals surface area contributed by atoms with Crippen molar-refractivity contribution in [2.75, 3.05) is 31.7 Å². The maximum atomic E-state index is 11.2. The second-order valence-corrected chi connectivity index (χ2v) is 5.89. The minimum Gasteiger partial charge on any atom is -0.478 e. The second-order valence-electron chi connectivity index (χ2n) is 5.89. The molecule has 1 aromatic rings. The van der Waals surface area contributed by atoms with E-state index in [0.717, 1.165) is 17.8 Å². The number of hydrogen-bond donors (Lipinski definition) is 3. The van der Waals surface area contributed by atoms with Crippen molar-refractivity contribution in [1.82, 2.24) is 4.90 Å². The molecule has 0 bridgehead atoms. The fourth-order valence-electron chi connectivity index (χ4n) is 2.71. The number of aromatic carboxylic acids is 1. The molecule has 0 amide bonds. The second kappa shape index (κ2) is 5.32. The Morgan fingerprint density at radius 2 is 2.10 bits per heavy atom. The largest absolute Gasteiger partial charge is 0.478 e. The highest BCUT2D eigenvalue weighted by molar-refractivity contribution is 5.95. The van der Waals surface area contributed by atoms with E-state index in [1.807, 2.05) is 13.0 Å². The summed E-state index contributed by atoms with van der Waals surface area (Å²) in [6, 6.07) is 3.52. The summed E-state index contributed by atoms with van der Waals surface area (Å²) < 4.78 is 0. The highest BCUT2D eigenvalue weighted by Crippen LogP contribution is 2.36. The van der Waals surface area contributed by atoms with E-state index in [1.165, 1.54) is 19.3 Å².